The fourth-order valence-electron chi connectivity index (χ4n) is 4.28. The minimum atomic E-state index is -0.357. The largest absolute Gasteiger partial charge is 0.393 e. The number of nitrogens with one attached hydrogen (secondary N) is 1. The van der Waals surface area contributed by atoms with Crippen LogP contribution in [0.5, 0.6) is 0 Å². The van der Waals surface area contributed by atoms with E-state index >= 15 is 0 Å². The summed E-state index contributed by atoms with van der Waals surface area (Å²) < 4.78 is 2.08. The molecule has 0 radical (unpaired) electrons. The first-order valence-corrected chi connectivity index (χ1v) is 10.9. The molecule has 1 aliphatic carbocycles. The zero-order valence-electron chi connectivity index (χ0n) is 17.4. The number of anilines is 1. The molecule has 4 rings (SSSR count). The molecule has 2 N–H and O–H groups in total. The zero-order chi connectivity index (χ0) is 20.4. The summed E-state index contributed by atoms with van der Waals surface area (Å²) in [6.07, 6.45) is 5.29. The number of carbonyl (C=O) groups excluding carboxylic acids is 1. The van der Waals surface area contributed by atoms with Gasteiger partial charge in [-0.1, -0.05) is 44.2 Å². The summed E-state index contributed by atoms with van der Waals surface area (Å²) in [5.74, 6) is 0.998. The third kappa shape index (κ3) is 4.70. The number of carbonyl (C=O) groups is 1. The van der Waals surface area contributed by atoms with Crippen LogP contribution in [0.25, 0.3) is 0 Å². The molecule has 1 atom stereocenters. The predicted octanol–water partition coefficient (Wildman–Crippen LogP) is 3.55. The number of piperidine rings is 1. The maximum atomic E-state index is 13.5. The predicted molar refractivity (Wildman–Crippen MR) is 114 cm³/mol. The first-order chi connectivity index (χ1) is 14.0. The van der Waals surface area contributed by atoms with Crippen molar-refractivity contribution >= 4 is 11.6 Å². The van der Waals surface area contributed by atoms with Gasteiger partial charge in [-0.05, 0) is 37.2 Å². The molecule has 1 saturated carbocycles. The van der Waals surface area contributed by atoms with Crippen LogP contribution >= 0.6 is 0 Å². The van der Waals surface area contributed by atoms with Gasteiger partial charge in [0.15, 0.2) is 0 Å². The zero-order valence-corrected chi connectivity index (χ0v) is 17.4. The highest BCUT2D eigenvalue weighted by atomic mass is 16.3. The Morgan fingerprint density at radius 3 is 2.48 bits per heavy atom. The number of hydrogen-bond donors (Lipinski definition) is 2. The molecule has 2 aliphatic rings. The molecule has 2 aromatic rings. The Kier molecular flexibility index (Phi) is 6.01. The van der Waals surface area contributed by atoms with Gasteiger partial charge in [0.25, 0.3) is 0 Å². The summed E-state index contributed by atoms with van der Waals surface area (Å²) in [6, 6.07) is 9.59. The van der Waals surface area contributed by atoms with Gasteiger partial charge in [-0.2, -0.15) is 5.10 Å². The molecule has 2 fully saturated rings. The Balaban J connectivity index is 1.58. The van der Waals surface area contributed by atoms with Crippen molar-refractivity contribution in [2.24, 2.45) is 5.92 Å². The fraction of sp³-hybridized carbons (Fsp3) is 0.565. The summed E-state index contributed by atoms with van der Waals surface area (Å²) in [7, 11) is 0. The molecular formula is C23H32N4O2. The number of rotatable bonds is 7. The van der Waals surface area contributed by atoms with Crippen LogP contribution in [0.15, 0.2) is 36.5 Å². The SMILES string of the molecule is CC(C)Cn1ncc(NC(=O)C(c2ccccc2)N2CCC(O)CC2)c1C1CC1. The van der Waals surface area contributed by atoms with Crippen molar-refractivity contribution in [1.29, 1.82) is 0 Å². The van der Waals surface area contributed by atoms with Crippen molar-refractivity contribution in [1.82, 2.24) is 14.7 Å². The van der Waals surface area contributed by atoms with Gasteiger partial charge in [0.05, 0.1) is 23.7 Å². The normalized spacial score (nSPS) is 19.4. The van der Waals surface area contributed by atoms with Crippen LogP contribution in [0.4, 0.5) is 5.69 Å². The van der Waals surface area contributed by atoms with E-state index in [9.17, 15) is 9.90 Å². The Bertz CT molecular complexity index is 821. The number of aliphatic hydroxyl groups excluding tert-OH is 1. The lowest BCUT2D eigenvalue weighted by atomic mass is 9.99. The number of nitrogens with zero attached hydrogens (tertiary/aromatic N) is 3. The van der Waals surface area contributed by atoms with E-state index in [1.165, 1.54) is 18.5 Å². The van der Waals surface area contributed by atoms with E-state index in [1.54, 1.807) is 0 Å². The number of amides is 1. The molecular weight excluding hydrogens is 364 g/mol. The minimum absolute atomic E-state index is 0.0152. The highest BCUT2D eigenvalue weighted by Gasteiger charge is 2.34. The second-order valence-corrected chi connectivity index (χ2v) is 8.86. The van der Waals surface area contributed by atoms with Crippen LogP contribution in [-0.4, -0.2) is 44.9 Å². The standard InChI is InChI=1S/C23H32N4O2/c1-16(2)15-27-21(18-8-9-18)20(14-24-27)25-23(29)22(17-6-4-3-5-7-17)26-12-10-19(28)11-13-26/h3-7,14,16,18-19,22,28H,8-13,15H2,1-2H3,(H,25,29). The Morgan fingerprint density at radius 1 is 1.17 bits per heavy atom. The van der Waals surface area contributed by atoms with Crippen molar-refractivity contribution < 1.29 is 9.90 Å². The molecule has 0 spiro atoms. The molecule has 1 aromatic carbocycles. The summed E-state index contributed by atoms with van der Waals surface area (Å²) in [6.45, 7) is 6.68. The van der Waals surface area contributed by atoms with Gasteiger partial charge in [0, 0.05) is 25.6 Å². The van der Waals surface area contributed by atoms with Gasteiger partial charge in [-0.25, -0.2) is 0 Å². The molecule has 1 aromatic heterocycles. The lowest BCUT2D eigenvalue weighted by Crippen LogP contribution is -2.43. The van der Waals surface area contributed by atoms with Gasteiger partial charge in [0.2, 0.25) is 5.91 Å². The van der Waals surface area contributed by atoms with E-state index < -0.39 is 0 Å². The number of aliphatic hydroxyl groups is 1. The van der Waals surface area contributed by atoms with Gasteiger partial charge in [-0.3, -0.25) is 14.4 Å². The molecule has 1 saturated heterocycles. The monoisotopic (exact) mass is 396 g/mol. The van der Waals surface area contributed by atoms with E-state index in [2.05, 4.69) is 33.8 Å². The molecule has 6 nitrogen and oxygen atoms in total. The van der Waals surface area contributed by atoms with Crippen LogP contribution in [-0.2, 0) is 11.3 Å². The first kappa shape index (κ1) is 20.1. The van der Waals surface area contributed by atoms with E-state index in [1.807, 2.05) is 36.5 Å². The number of hydrogen-bond acceptors (Lipinski definition) is 4. The minimum Gasteiger partial charge on any atom is -0.393 e. The maximum absolute atomic E-state index is 13.5. The molecule has 2 heterocycles. The second kappa shape index (κ2) is 8.67. The van der Waals surface area contributed by atoms with Crippen LogP contribution in [0, 0.1) is 5.92 Å². The van der Waals surface area contributed by atoms with Gasteiger partial charge in [0.1, 0.15) is 6.04 Å². The van der Waals surface area contributed by atoms with E-state index in [0.29, 0.717) is 24.7 Å². The molecule has 6 heteroatoms. The lowest BCUT2D eigenvalue weighted by molar-refractivity contribution is -0.122. The smallest absolute Gasteiger partial charge is 0.246 e. The lowest BCUT2D eigenvalue weighted by Gasteiger charge is -2.35. The van der Waals surface area contributed by atoms with Crippen LogP contribution < -0.4 is 5.32 Å². The summed E-state index contributed by atoms with van der Waals surface area (Å²) >= 11 is 0. The van der Waals surface area contributed by atoms with Gasteiger partial charge < -0.3 is 10.4 Å². The highest BCUT2D eigenvalue weighted by Crippen LogP contribution is 2.44. The van der Waals surface area contributed by atoms with E-state index in [0.717, 1.165) is 30.9 Å². The second-order valence-electron chi connectivity index (χ2n) is 8.86. The number of likely N-dealkylation sites (tertiary alicyclic amines) is 1. The summed E-state index contributed by atoms with van der Waals surface area (Å²) in [4.78, 5) is 15.7. The van der Waals surface area contributed by atoms with Crippen LogP contribution in [0.2, 0.25) is 0 Å². The van der Waals surface area contributed by atoms with Gasteiger partial charge >= 0.3 is 0 Å². The molecule has 29 heavy (non-hydrogen) atoms. The third-order valence-electron chi connectivity index (χ3n) is 5.87. The van der Waals surface area contributed by atoms with Crippen molar-refractivity contribution in [3.8, 4) is 0 Å². The average Bonchev–Trinajstić information content (AvgIpc) is 3.46. The van der Waals surface area contributed by atoms with Crippen molar-refractivity contribution in [3.63, 3.8) is 0 Å². The van der Waals surface area contributed by atoms with Crippen molar-refractivity contribution in [2.45, 2.75) is 64.1 Å². The highest BCUT2D eigenvalue weighted by molar-refractivity contribution is 5.96. The number of benzene rings is 1. The third-order valence-corrected chi connectivity index (χ3v) is 5.87. The average molecular weight is 397 g/mol. The molecule has 1 amide bonds. The topological polar surface area (TPSA) is 70.4 Å². The summed E-state index contributed by atoms with van der Waals surface area (Å²) in [5, 5.41) is 17.7. The maximum Gasteiger partial charge on any atom is 0.246 e. The number of aromatic nitrogens is 2. The molecule has 1 aliphatic heterocycles. The quantitative estimate of drug-likeness (QED) is 0.751. The Labute approximate surface area is 172 Å². The fourth-order valence-corrected chi connectivity index (χ4v) is 4.28. The summed E-state index contributed by atoms with van der Waals surface area (Å²) in [5.41, 5.74) is 3.02. The molecule has 0 bridgehead atoms. The molecule has 156 valence electrons. The Hall–Kier alpha value is -2.18. The molecule has 1 unspecified atom stereocenters. The van der Waals surface area contributed by atoms with E-state index in [-0.39, 0.29) is 18.1 Å². The van der Waals surface area contributed by atoms with Crippen molar-refractivity contribution in [2.75, 3.05) is 18.4 Å². The first-order valence-electron chi connectivity index (χ1n) is 10.9. The van der Waals surface area contributed by atoms with E-state index in [4.69, 9.17) is 0 Å². The van der Waals surface area contributed by atoms with Crippen LogP contribution in [0.3, 0.4) is 0 Å². The van der Waals surface area contributed by atoms with Gasteiger partial charge in [-0.15, -0.1) is 0 Å². The van der Waals surface area contributed by atoms with Crippen LogP contribution in [0.1, 0.15) is 62.7 Å². The Morgan fingerprint density at radius 2 is 1.86 bits per heavy atom. The van der Waals surface area contributed by atoms with Crippen molar-refractivity contribution in [3.05, 3.63) is 47.8 Å².